The van der Waals surface area contributed by atoms with Crippen molar-refractivity contribution in [2.24, 2.45) is 0 Å². The smallest absolute Gasteiger partial charge is 0.123 e. The predicted octanol–water partition coefficient (Wildman–Crippen LogP) is 4.74. The molecule has 2 rings (SSSR count). The summed E-state index contributed by atoms with van der Waals surface area (Å²) in [6, 6.07) is 8.31. The molecule has 0 aromatic heterocycles. The molecule has 2 atom stereocenters. The van der Waals surface area contributed by atoms with Gasteiger partial charge in [0, 0.05) is 11.3 Å². The quantitative estimate of drug-likeness (QED) is 0.706. The summed E-state index contributed by atoms with van der Waals surface area (Å²) < 4.78 is 6.02. The molecule has 0 bridgehead atoms. The summed E-state index contributed by atoms with van der Waals surface area (Å²) in [7, 11) is 0. The number of rotatable bonds is 3. The zero-order valence-corrected chi connectivity index (χ0v) is 11.6. The van der Waals surface area contributed by atoms with Gasteiger partial charge in [0.15, 0.2) is 0 Å². The molecule has 1 aromatic carbocycles. The zero-order chi connectivity index (χ0) is 12.5. The fraction of sp³-hybridized carbons (Fsp3) is 0.600. The van der Waals surface area contributed by atoms with E-state index in [1.165, 1.54) is 5.56 Å². The molecule has 0 fully saturated rings. The highest BCUT2D eigenvalue weighted by Crippen LogP contribution is 2.44. The molecule has 17 heavy (non-hydrogen) atoms. The van der Waals surface area contributed by atoms with Crippen molar-refractivity contribution in [1.82, 2.24) is 0 Å². The molecule has 0 amide bonds. The number of alkyl halides is 1. The number of fused-ring (bicyclic) bond motifs is 1. The number of hydrogen-bond acceptors (Lipinski definition) is 1. The molecule has 1 aliphatic rings. The van der Waals surface area contributed by atoms with Gasteiger partial charge < -0.3 is 4.74 Å². The van der Waals surface area contributed by atoms with Crippen molar-refractivity contribution in [3.63, 3.8) is 0 Å². The predicted molar refractivity (Wildman–Crippen MR) is 73.1 cm³/mol. The fourth-order valence-corrected chi connectivity index (χ4v) is 3.10. The molecule has 0 N–H and O–H groups in total. The van der Waals surface area contributed by atoms with Crippen LogP contribution in [0, 0.1) is 0 Å². The minimum Gasteiger partial charge on any atom is -0.488 e. The third kappa shape index (κ3) is 2.77. The first kappa shape index (κ1) is 12.8. The van der Waals surface area contributed by atoms with E-state index in [0.29, 0.717) is 5.92 Å². The maximum Gasteiger partial charge on any atom is 0.123 e. The van der Waals surface area contributed by atoms with Gasteiger partial charge in [-0.05, 0) is 38.3 Å². The van der Waals surface area contributed by atoms with E-state index in [9.17, 15) is 0 Å². The van der Waals surface area contributed by atoms with E-state index in [1.807, 2.05) is 6.07 Å². The molecule has 1 heterocycles. The molecule has 1 nitrogen and oxygen atoms in total. The van der Waals surface area contributed by atoms with Crippen LogP contribution in [-0.4, -0.2) is 11.0 Å². The Bertz CT molecular complexity index is 386. The Labute approximate surface area is 109 Å². The number of ether oxygens (including phenoxy) is 1. The second-order valence-electron chi connectivity index (χ2n) is 5.51. The van der Waals surface area contributed by atoms with Crippen LogP contribution in [0.4, 0.5) is 0 Å². The van der Waals surface area contributed by atoms with E-state index in [-0.39, 0.29) is 11.0 Å². The molecule has 2 unspecified atom stereocenters. The fourth-order valence-electron chi connectivity index (χ4n) is 2.66. The highest BCUT2D eigenvalue weighted by Gasteiger charge is 2.36. The van der Waals surface area contributed by atoms with E-state index < -0.39 is 0 Å². The maximum atomic E-state index is 6.56. The van der Waals surface area contributed by atoms with Gasteiger partial charge in [0.2, 0.25) is 0 Å². The molecule has 0 aliphatic carbocycles. The Kier molecular flexibility index (Phi) is 3.67. The van der Waals surface area contributed by atoms with Crippen LogP contribution >= 0.6 is 11.6 Å². The van der Waals surface area contributed by atoms with E-state index in [2.05, 4.69) is 39.0 Å². The Morgan fingerprint density at radius 2 is 2.12 bits per heavy atom. The van der Waals surface area contributed by atoms with Crippen molar-refractivity contribution in [3.05, 3.63) is 29.8 Å². The van der Waals surface area contributed by atoms with Gasteiger partial charge in [0.05, 0.1) is 0 Å². The van der Waals surface area contributed by atoms with E-state index in [4.69, 9.17) is 16.3 Å². The summed E-state index contributed by atoms with van der Waals surface area (Å²) in [5.41, 5.74) is 1.17. The van der Waals surface area contributed by atoms with Crippen LogP contribution in [0.25, 0.3) is 0 Å². The first-order valence-electron chi connectivity index (χ1n) is 6.45. The standard InChI is InChI=1S/C15H21ClO/c1-4-7-13(16)12-10-15(2,3)17-14-9-6-5-8-11(12)14/h5-6,8-9,12-13H,4,7,10H2,1-3H3. The van der Waals surface area contributed by atoms with Crippen LogP contribution in [0.2, 0.25) is 0 Å². The van der Waals surface area contributed by atoms with Gasteiger partial charge in [-0.15, -0.1) is 11.6 Å². The first-order chi connectivity index (χ1) is 8.03. The molecular weight excluding hydrogens is 232 g/mol. The average Bonchev–Trinajstić information content (AvgIpc) is 2.27. The van der Waals surface area contributed by atoms with Gasteiger partial charge in [-0.3, -0.25) is 0 Å². The van der Waals surface area contributed by atoms with Gasteiger partial charge in [-0.25, -0.2) is 0 Å². The molecule has 0 saturated heterocycles. The summed E-state index contributed by atoms with van der Waals surface area (Å²) in [6.45, 7) is 6.47. The first-order valence-corrected chi connectivity index (χ1v) is 6.89. The lowest BCUT2D eigenvalue weighted by molar-refractivity contribution is 0.0707. The molecular formula is C15H21ClO. The normalized spacial score (nSPS) is 23.6. The Balaban J connectivity index is 2.32. The lowest BCUT2D eigenvalue weighted by atomic mass is 9.81. The summed E-state index contributed by atoms with van der Waals surface area (Å²) in [5, 5.41) is 0.212. The molecule has 0 saturated carbocycles. The second kappa shape index (κ2) is 4.89. The summed E-state index contributed by atoms with van der Waals surface area (Å²) in [4.78, 5) is 0. The number of hydrogen-bond donors (Lipinski definition) is 0. The van der Waals surface area contributed by atoms with Gasteiger partial charge in [0.1, 0.15) is 11.4 Å². The van der Waals surface area contributed by atoms with Crippen molar-refractivity contribution in [1.29, 1.82) is 0 Å². The molecule has 2 heteroatoms. The Morgan fingerprint density at radius 1 is 1.41 bits per heavy atom. The molecule has 0 spiro atoms. The third-order valence-electron chi connectivity index (χ3n) is 3.42. The average molecular weight is 253 g/mol. The largest absolute Gasteiger partial charge is 0.488 e. The van der Waals surface area contributed by atoms with Crippen LogP contribution in [0.3, 0.4) is 0 Å². The molecule has 0 radical (unpaired) electrons. The number of benzene rings is 1. The van der Waals surface area contributed by atoms with E-state index in [0.717, 1.165) is 25.0 Å². The molecule has 1 aromatic rings. The van der Waals surface area contributed by atoms with Crippen molar-refractivity contribution in [2.45, 2.75) is 56.9 Å². The van der Waals surface area contributed by atoms with E-state index >= 15 is 0 Å². The van der Waals surface area contributed by atoms with Gasteiger partial charge >= 0.3 is 0 Å². The topological polar surface area (TPSA) is 9.23 Å². The monoisotopic (exact) mass is 252 g/mol. The SMILES string of the molecule is CCCC(Cl)C1CC(C)(C)Oc2ccccc21. The van der Waals surface area contributed by atoms with Gasteiger partial charge in [-0.1, -0.05) is 31.5 Å². The second-order valence-corrected chi connectivity index (χ2v) is 6.08. The van der Waals surface area contributed by atoms with Crippen molar-refractivity contribution < 1.29 is 4.74 Å². The third-order valence-corrected chi connectivity index (χ3v) is 3.94. The van der Waals surface area contributed by atoms with Gasteiger partial charge in [-0.2, -0.15) is 0 Å². The number of halogens is 1. The maximum absolute atomic E-state index is 6.56. The highest BCUT2D eigenvalue weighted by molar-refractivity contribution is 6.21. The Hall–Kier alpha value is -0.690. The van der Waals surface area contributed by atoms with E-state index in [1.54, 1.807) is 0 Å². The highest BCUT2D eigenvalue weighted by atomic mass is 35.5. The summed E-state index contributed by atoms with van der Waals surface area (Å²) in [5.74, 6) is 1.42. The summed E-state index contributed by atoms with van der Waals surface area (Å²) in [6.07, 6.45) is 3.20. The van der Waals surface area contributed by atoms with Crippen LogP contribution < -0.4 is 4.74 Å². The van der Waals surface area contributed by atoms with Crippen LogP contribution in [0.1, 0.15) is 51.5 Å². The van der Waals surface area contributed by atoms with Crippen LogP contribution in [-0.2, 0) is 0 Å². The van der Waals surface area contributed by atoms with Crippen LogP contribution in [0.15, 0.2) is 24.3 Å². The number of para-hydroxylation sites is 1. The van der Waals surface area contributed by atoms with Crippen molar-refractivity contribution >= 4 is 11.6 Å². The lowest BCUT2D eigenvalue weighted by Gasteiger charge is -2.39. The lowest BCUT2D eigenvalue weighted by Crippen LogP contribution is -2.37. The molecule has 1 aliphatic heterocycles. The van der Waals surface area contributed by atoms with Gasteiger partial charge in [0.25, 0.3) is 0 Å². The van der Waals surface area contributed by atoms with Crippen molar-refractivity contribution in [2.75, 3.05) is 0 Å². The minimum atomic E-state index is -0.111. The molecule has 94 valence electrons. The zero-order valence-electron chi connectivity index (χ0n) is 10.9. The summed E-state index contributed by atoms with van der Waals surface area (Å²) >= 11 is 6.56. The minimum absolute atomic E-state index is 0.111. The van der Waals surface area contributed by atoms with Crippen molar-refractivity contribution in [3.8, 4) is 5.75 Å². The Morgan fingerprint density at radius 3 is 2.82 bits per heavy atom. The van der Waals surface area contributed by atoms with Crippen LogP contribution in [0.5, 0.6) is 5.75 Å².